The molecule has 0 aliphatic carbocycles. The van der Waals surface area contributed by atoms with Crippen molar-refractivity contribution in [2.24, 2.45) is 0 Å². The predicted octanol–water partition coefficient (Wildman–Crippen LogP) is 3.36. The number of amides is 1. The summed E-state index contributed by atoms with van der Waals surface area (Å²) < 4.78 is 10.4. The lowest BCUT2D eigenvalue weighted by Gasteiger charge is -2.13. The number of aryl methyl sites for hydroxylation is 1. The van der Waals surface area contributed by atoms with Crippen molar-refractivity contribution >= 4 is 22.8 Å². The summed E-state index contributed by atoms with van der Waals surface area (Å²) in [5, 5.41) is 3.87. The number of aromatic amines is 1. The first-order chi connectivity index (χ1) is 13.6. The summed E-state index contributed by atoms with van der Waals surface area (Å²) in [6.45, 7) is 1.94. The highest BCUT2D eigenvalue weighted by atomic mass is 16.5. The lowest BCUT2D eigenvalue weighted by atomic mass is 10.1. The van der Waals surface area contributed by atoms with Gasteiger partial charge in [-0.25, -0.2) is 0 Å². The van der Waals surface area contributed by atoms with Crippen LogP contribution in [0, 0.1) is 0 Å². The number of fused-ring (bicyclic) bond motifs is 1. The van der Waals surface area contributed by atoms with E-state index in [1.807, 2.05) is 54.7 Å². The van der Waals surface area contributed by atoms with Crippen LogP contribution in [-0.4, -0.2) is 30.1 Å². The zero-order valence-corrected chi connectivity index (χ0v) is 16.0. The fraction of sp³-hybridized carbons (Fsp3) is 0.273. The minimum atomic E-state index is -0.839. The van der Waals surface area contributed by atoms with Gasteiger partial charge in [0.15, 0.2) is 6.10 Å². The molecular formula is C22H24N2O4. The van der Waals surface area contributed by atoms with E-state index in [1.165, 1.54) is 0 Å². The summed E-state index contributed by atoms with van der Waals surface area (Å²) in [6.07, 6.45) is 1.85. The van der Waals surface area contributed by atoms with Gasteiger partial charge in [0.25, 0.3) is 5.91 Å². The van der Waals surface area contributed by atoms with Gasteiger partial charge in [-0.05, 0) is 42.7 Å². The Morgan fingerprint density at radius 3 is 2.61 bits per heavy atom. The Morgan fingerprint density at radius 1 is 1.11 bits per heavy atom. The van der Waals surface area contributed by atoms with E-state index in [0.29, 0.717) is 13.0 Å². The molecule has 28 heavy (non-hydrogen) atoms. The zero-order chi connectivity index (χ0) is 19.9. The van der Waals surface area contributed by atoms with Gasteiger partial charge in [-0.15, -0.1) is 0 Å². The second-order valence-electron chi connectivity index (χ2n) is 6.56. The van der Waals surface area contributed by atoms with Crippen LogP contribution in [0.5, 0.6) is 5.75 Å². The molecule has 146 valence electrons. The summed E-state index contributed by atoms with van der Waals surface area (Å²) in [7, 11) is 1.60. The number of hydrogen-bond acceptors (Lipinski definition) is 4. The minimum absolute atomic E-state index is 0.220. The van der Waals surface area contributed by atoms with Crippen molar-refractivity contribution < 1.29 is 19.1 Å². The highest BCUT2D eigenvalue weighted by Gasteiger charge is 2.17. The quantitative estimate of drug-likeness (QED) is 0.587. The molecule has 1 aromatic heterocycles. The van der Waals surface area contributed by atoms with Crippen LogP contribution in [-0.2, 0) is 27.3 Å². The molecule has 0 spiro atoms. The number of esters is 1. The molecule has 3 rings (SSSR count). The second kappa shape index (κ2) is 9.08. The van der Waals surface area contributed by atoms with Crippen molar-refractivity contribution in [1.82, 2.24) is 10.3 Å². The third-order valence-electron chi connectivity index (χ3n) is 4.58. The Labute approximate surface area is 163 Å². The Bertz CT molecular complexity index is 947. The summed E-state index contributed by atoms with van der Waals surface area (Å²) >= 11 is 0. The third kappa shape index (κ3) is 4.91. The fourth-order valence-electron chi connectivity index (χ4n) is 2.96. The smallest absolute Gasteiger partial charge is 0.306 e. The summed E-state index contributed by atoms with van der Waals surface area (Å²) in [5.74, 6) is 0.0428. The highest BCUT2D eigenvalue weighted by Crippen LogP contribution is 2.19. The Kier molecular flexibility index (Phi) is 6.32. The monoisotopic (exact) mass is 380 g/mol. The van der Waals surface area contributed by atoms with Crippen LogP contribution in [0.2, 0.25) is 0 Å². The maximum absolute atomic E-state index is 12.2. The molecule has 0 fully saturated rings. The number of methoxy groups -OCH3 is 1. The van der Waals surface area contributed by atoms with Gasteiger partial charge >= 0.3 is 5.97 Å². The van der Waals surface area contributed by atoms with Crippen LogP contribution >= 0.6 is 0 Å². The Balaban J connectivity index is 1.44. The molecule has 1 heterocycles. The summed E-state index contributed by atoms with van der Waals surface area (Å²) in [4.78, 5) is 27.5. The number of rotatable bonds is 8. The van der Waals surface area contributed by atoms with Crippen molar-refractivity contribution in [2.75, 3.05) is 7.11 Å². The number of carbonyl (C=O) groups is 2. The third-order valence-corrected chi connectivity index (χ3v) is 4.58. The number of ether oxygens (including phenoxy) is 2. The first kappa shape index (κ1) is 19.5. The molecule has 2 aromatic carbocycles. The largest absolute Gasteiger partial charge is 0.497 e. The van der Waals surface area contributed by atoms with Crippen LogP contribution in [0.4, 0.5) is 0 Å². The first-order valence-electron chi connectivity index (χ1n) is 9.22. The molecule has 1 amide bonds. The van der Waals surface area contributed by atoms with Gasteiger partial charge < -0.3 is 19.8 Å². The van der Waals surface area contributed by atoms with Gasteiger partial charge in [-0.2, -0.15) is 0 Å². The van der Waals surface area contributed by atoms with Crippen molar-refractivity contribution in [3.05, 3.63) is 65.9 Å². The Hall–Kier alpha value is -3.28. The van der Waals surface area contributed by atoms with Crippen molar-refractivity contribution in [2.45, 2.75) is 32.4 Å². The molecule has 0 saturated carbocycles. The maximum Gasteiger partial charge on any atom is 0.306 e. The van der Waals surface area contributed by atoms with E-state index in [1.54, 1.807) is 14.0 Å². The van der Waals surface area contributed by atoms with E-state index < -0.39 is 12.1 Å². The number of benzene rings is 2. The molecule has 0 aliphatic heterocycles. The van der Waals surface area contributed by atoms with E-state index in [2.05, 4.69) is 10.3 Å². The molecule has 0 saturated heterocycles. The average molecular weight is 380 g/mol. The number of carbonyl (C=O) groups excluding carboxylic acids is 2. The first-order valence-corrected chi connectivity index (χ1v) is 9.22. The van der Waals surface area contributed by atoms with E-state index in [0.717, 1.165) is 27.8 Å². The molecule has 0 radical (unpaired) electrons. The highest BCUT2D eigenvalue weighted by molar-refractivity contribution is 5.85. The molecular weight excluding hydrogens is 356 g/mol. The van der Waals surface area contributed by atoms with E-state index in [-0.39, 0.29) is 12.3 Å². The lowest BCUT2D eigenvalue weighted by molar-refractivity contribution is -0.154. The van der Waals surface area contributed by atoms with E-state index >= 15 is 0 Å². The number of hydrogen-bond donors (Lipinski definition) is 2. The molecule has 6 heteroatoms. The topological polar surface area (TPSA) is 80.4 Å². The van der Waals surface area contributed by atoms with Crippen LogP contribution in [0.3, 0.4) is 0 Å². The van der Waals surface area contributed by atoms with Crippen LogP contribution in [0.1, 0.15) is 24.5 Å². The van der Waals surface area contributed by atoms with Gasteiger partial charge in [0.1, 0.15) is 5.75 Å². The second-order valence-corrected chi connectivity index (χ2v) is 6.56. The maximum atomic E-state index is 12.2. The normalized spacial score (nSPS) is 11.8. The zero-order valence-electron chi connectivity index (χ0n) is 16.0. The van der Waals surface area contributed by atoms with Crippen LogP contribution < -0.4 is 10.1 Å². The number of nitrogens with one attached hydrogen (secondary N) is 2. The van der Waals surface area contributed by atoms with Crippen LogP contribution in [0.15, 0.2) is 54.7 Å². The Morgan fingerprint density at radius 2 is 1.86 bits per heavy atom. The van der Waals surface area contributed by atoms with Crippen molar-refractivity contribution in [3.63, 3.8) is 0 Å². The van der Waals surface area contributed by atoms with E-state index in [9.17, 15) is 9.59 Å². The van der Waals surface area contributed by atoms with Gasteiger partial charge in [0.05, 0.1) is 7.11 Å². The number of aromatic nitrogens is 1. The number of para-hydroxylation sites is 1. The molecule has 2 N–H and O–H groups in total. The van der Waals surface area contributed by atoms with Gasteiger partial charge in [0.2, 0.25) is 0 Å². The SMILES string of the molecule is COc1ccc(CNC(=O)[C@@H](C)OC(=O)CCc2c[nH]c3ccccc23)cc1. The lowest BCUT2D eigenvalue weighted by Crippen LogP contribution is -2.35. The van der Waals surface area contributed by atoms with Crippen LogP contribution in [0.25, 0.3) is 10.9 Å². The summed E-state index contributed by atoms with van der Waals surface area (Å²) in [6, 6.07) is 15.3. The van der Waals surface area contributed by atoms with Gasteiger partial charge in [0, 0.05) is 30.1 Å². The fourth-order valence-corrected chi connectivity index (χ4v) is 2.96. The number of H-pyrrole nitrogens is 1. The minimum Gasteiger partial charge on any atom is -0.497 e. The molecule has 0 unspecified atom stereocenters. The molecule has 0 bridgehead atoms. The standard InChI is InChI=1S/C22H24N2O4/c1-15(22(26)24-13-16-7-10-18(27-2)11-8-16)28-21(25)12-9-17-14-23-20-6-4-3-5-19(17)20/h3-8,10-11,14-15,23H,9,12-13H2,1-2H3,(H,24,26)/t15-/m1/s1. The summed E-state index contributed by atoms with van der Waals surface area (Å²) in [5.41, 5.74) is 3.04. The predicted molar refractivity (Wildman–Crippen MR) is 107 cm³/mol. The van der Waals surface area contributed by atoms with Crippen molar-refractivity contribution in [3.8, 4) is 5.75 Å². The molecule has 1 atom stereocenters. The molecule has 0 aliphatic rings. The average Bonchev–Trinajstić information content (AvgIpc) is 3.14. The van der Waals surface area contributed by atoms with Gasteiger partial charge in [-0.3, -0.25) is 9.59 Å². The molecule has 3 aromatic rings. The van der Waals surface area contributed by atoms with Crippen molar-refractivity contribution in [1.29, 1.82) is 0 Å². The van der Waals surface area contributed by atoms with E-state index in [4.69, 9.17) is 9.47 Å². The van der Waals surface area contributed by atoms with Gasteiger partial charge in [-0.1, -0.05) is 30.3 Å². The molecule has 6 nitrogen and oxygen atoms in total.